The highest BCUT2D eigenvalue weighted by Gasteiger charge is 2.34. The van der Waals surface area contributed by atoms with Gasteiger partial charge in [-0.3, -0.25) is 0 Å². The van der Waals surface area contributed by atoms with Crippen molar-refractivity contribution >= 4 is 52.7 Å². The van der Waals surface area contributed by atoms with Crippen molar-refractivity contribution in [1.82, 2.24) is 4.90 Å². The van der Waals surface area contributed by atoms with E-state index in [0.29, 0.717) is 27.4 Å². The van der Waals surface area contributed by atoms with Gasteiger partial charge >= 0.3 is 12.0 Å². The number of benzene rings is 1. The smallest absolute Gasteiger partial charge is 0.327 e. The van der Waals surface area contributed by atoms with Crippen molar-refractivity contribution in [3.05, 3.63) is 28.2 Å². The summed E-state index contributed by atoms with van der Waals surface area (Å²) >= 11 is 13.0. The van der Waals surface area contributed by atoms with Crippen molar-refractivity contribution in [2.24, 2.45) is 0 Å². The summed E-state index contributed by atoms with van der Waals surface area (Å²) in [6, 6.07) is 3.36. The summed E-state index contributed by atoms with van der Waals surface area (Å²) in [7, 11) is 0. The van der Waals surface area contributed by atoms with Gasteiger partial charge in [0.2, 0.25) is 0 Å². The van der Waals surface area contributed by atoms with Crippen LogP contribution in [-0.2, 0) is 4.79 Å². The maximum atomic E-state index is 12.0. The highest BCUT2D eigenvalue weighted by atomic mass is 35.5. The molecule has 2 N–H and O–H groups in total. The van der Waals surface area contributed by atoms with Gasteiger partial charge in [0.25, 0.3) is 0 Å². The van der Waals surface area contributed by atoms with E-state index < -0.39 is 18.0 Å². The molecular formula is C11H10Cl2N2O3S. The second kappa shape index (κ2) is 5.90. The summed E-state index contributed by atoms with van der Waals surface area (Å²) in [6.45, 7) is 0. The standard InChI is InChI=1S/C11H10Cl2N2O3S/c12-6-1-7(13)3-8(2-6)14-11(18)15-5-19-4-9(15)10(16)17/h1-3,9H,4-5H2,(H,14,18)(H,16,17). The van der Waals surface area contributed by atoms with E-state index in [4.69, 9.17) is 28.3 Å². The fourth-order valence-electron chi connectivity index (χ4n) is 1.67. The van der Waals surface area contributed by atoms with Gasteiger partial charge in [0, 0.05) is 21.5 Å². The van der Waals surface area contributed by atoms with Gasteiger partial charge in [0.1, 0.15) is 6.04 Å². The van der Waals surface area contributed by atoms with Gasteiger partial charge in [0.05, 0.1) is 5.88 Å². The van der Waals surface area contributed by atoms with Crippen LogP contribution in [-0.4, -0.2) is 39.7 Å². The fourth-order valence-corrected chi connectivity index (χ4v) is 3.34. The van der Waals surface area contributed by atoms with Crippen molar-refractivity contribution in [2.75, 3.05) is 16.9 Å². The normalized spacial score (nSPS) is 18.4. The minimum absolute atomic E-state index is 0.344. The van der Waals surface area contributed by atoms with Crippen LogP contribution in [0.5, 0.6) is 0 Å². The average molecular weight is 321 g/mol. The van der Waals surface area contributed by atoms with Crippen molar-refractivity contribution in [2.45, 2.75) is 6.04 Å². The van der Waals surface area contributed by atoms with E-state index in [-0.39, 0.29) is 0 Å². The summed E-state index contributed by atoms with van der Waals surface area (Å²) in [4.78, 5) is 24.3. The highest BCUT2D eigenvalue weighted by Crippen LogP contribution is 2.25. The SMILES string of the molecule is O=C(O)C1CSCN1C(=O)Nc1cc(Cl)cc(Cl)c1. The van der Waals surface area contributed by atoms with Gasteiger partial charge in [-0.15, -0.1) is 11.8 Å². The molecule has 19 heavy (non-hydrogen) atoms. The molecule has 2 amide bonds. The molecule has 1 aliphatic rings. The Balaban J connectivity index is 2.10. The summed E-state index contributed by atoms with van der Waals surface area (Å²) in [5.74, 6) is -0.278. The molecule has 0 bridgehead atoms. The van der Waals surface area contributed by atoms with Crippen molar-refractivity contribution in [1.29, 1.82) is 0 Å². The first kappa shape index (κ1) is 14.3. The second-order valence-electron chi connectivity index (χ2n) is 3.91. The number of thioether (sulfide) groups is 1. The van der Waals surface area contributed by atoms with E-state index in [1.165, 1.54) is 16.7 Å². The van der Waals surface area contributed by atoms with Crippen LogP contribution in [0, 0.1) is 0 Å². The van der Waals surface area contributed by atoms with Gasteiger partial charge < -0.3 is 15.3 Å². The number of amides is 2. The molecule has 1 aliphatic heterocycles. The molecule has 8 heteroatoms. The van der Waals surface area contributed by atoms with Crippen LogP contribution < -0.4 is 5.32 Å². The Bertz CT molecular complexity index is 506. The monoisotopic (exact) mass is 320 g/mol. The van der Waals surface area contributed by atoms with E-state index >= 15 is 0 Å². The molecule has 102 valence electrons. The topological polar surface area (TPSA) is 69.6 Å². The first-order chi connectivity index (χ1) is 8.97. The Labute approximate surface area is 123 Å². The first-order valence-corrected chi connectivity index (χ1v) is 7.22. The molecule has 1 aromatic carbocycles. The lowest BCUT2D eigenvalue weighted by atomic mass is 10.3. The Morgan fingerprint density at radius 2 is 1.95 bits per heavy atom. The average Bonchev–Trinajstić information content (AvgIpc) is 2.75. The predicted molar refractivity (Wildman–Crippen MR) is 76.1 cm³/mol. The number of hydrogen-bond acceptors (Lipinski definition) is 3. The van der Waals surface area contributed by atoms with E-state index in [2.05, 4.69) is 5.32 Å². The van der Waals surface area contributed by atoms with E-state index in [0.717, 1.165) is 0 Å². The minimum atomic E-state index is -1.01. The molecule has 1 unspecified atom stereocenters. The number of carbonyl (C=O) groups is 2. The van der Waals surface area contributed by atoms with Crippen LogP contribution in [0.4, 0.5) is 10.5 Å². The Morgan fingerprint density at radius 1 is 1.32 bits per heavy atom. The van der Waals surface area contributed by atoms with Gasteiger partial charge in [-0.1, -0.05) is 23.2 Å². The van der Waals surface area contributed by atoms with E-state index in [9.17, 15) is 9.59 Å². The number of carboxylic acid groups (broad SMARTS) is 1. The minimum Gasteiger partial charge on any atom is -0.480 e. The quantitative estimate of drug-likeness (QED) is 0.878. The molecule has 5 nitrogen and oxygen atoms in total. The zero-order chi connectivity index (χ0) is 14.0. The number of aliphatic carboxylic acids is 1. The van der Waals surface area contributed by atoms with Crippen LogP contribution in [0.2, 0.25) is 10.0 Å². The van der Waals surface area contributed by atoms with Gasteiger partial charge in [0.15, 0.2) is 0 Å². The zero-order valence-corrected chi connectivity index (χ0v) is 11.9. The lowest BCUT2D eigenvalue weighted by Gasteiger charge is -2.21. The zero-order valence-electron chi connectivity index (χ0n) is 9.60. The third-order valence-electron chi connectivity index (χ3n) is 2.54. The van der Waals surface area contributed by atoms with Crippen molar-refractivity contribution in [3.8, 4) is 0 Å². The number of halogens is 2. The molecule has 0 saturated carbocycles. The summed E-state index contributed by atoms with van der Waals surface area (Å²) in [5.41, 5.74) is 0.434. The molecule has 0 aliphatic carbocycles. The molecular weight excluding hydrogens is 311 g/mol. The van der Waals surface area contributed by atoms with Crippen molar-refractivity contribution < 1.29 is 14.7 Å². The summed E-state index contributed by atoms with van der Waals surface area (Å²) in [5, 5.41) is 12.4. The number of carboxylic acids is 1. The highest BCUT2D eigenvalue weighted by molar-refractivity contribution is 7.99. The van der Waals surface area contributed by atoms with E-state index in [1.54, 1.807) is 18.2 Å². The van der Waals surface area contributed by atoms with Crippen LogP contribution in [0.25, 0.3) is 0 Å². The first-order valence-electron chi connectivity index (χ1n) is 5.31. The lowest BCUT2D eigenvalue weighted by molar-refractivity contribution is -0.140. The lowest BCUT2D eigenvalue weighted by Crippen LogP contribution is -2.43. The Morgan fingerprint density at radius 3 is 2.53 bits per heavy atom. The third kappa shape index (κ3) is 3.46. The predicted octanol–water partition coefficient (Wildman–Crippen LogP) is 2.98. The summed E-state index contributed by atoms with van der Waals surface area (Å²) in [6.07, 6.45) is 0. The van der Waals surface area contributed by atoms with Gasteiger partial charge in [-0.05, 0) is 18.2 Å². The second-order valence-corrected chi connectivity index (χ2v) is 5.78. The van der Waals surface area contributed by atoms with Crippen LogP contribution in [0.15, 0.2) is 18.2 Å². The summed E-state index contributed by atoms with van der Waals surface area (Å²) < 4.78 is 0. The number of hydrogen-bond donors (Lipinski definition) is 2. The molecule has 0 radical (unpaired) electrons. The number of carbonyl (C=O) groups excluding carboxylic acids is 1. The molecule has 0 aromatic heterocycles. The number of rotatable bonds is 2. The molecule has 1 fully saturated rings. The third-order valence-corrected chi connectivity index (χ3v) is 3.99. The molecule has 1 atom stereocenters. The molecule has 1 saturated heterocycles. The Hall–Kier alpha value is -1.11. The molecule has 1 aromatic rings. The van der Waals surface area contributed by atoms with Gasteiger partial charge in [-0.25, -0.2) is 9.59 Å². The number of nitrogens with zero attached hydrogens (tertiary/aromatic N) is 1. The fraction of sp³-hybridized carbons (Fsp3) is 0.273. The largest absolute Gasteiger partial charge is 0.480 e. The van der Waals surface area contributed by atoms with E-state index in [1.807, 2.05) is 0 Å². The molecule has 2 rings (SSSR count). The maximum Gasteiger partial charge on any atom is 0.327 e. The number of nitrogens with one attached hydrogen (secondary N) is 1. The number of urea groups is 1. The Kier molecular flexibility index (Phi) is 4.44. The van der Waals surface area contributed by atoms with Gasteiger partial charge in [-0.2, -0.15) is 0 Å². The van der Waals surface area contributed by atoms with Crippen LogP contribution in [0.3, 0.4) is 0 Å². The van der Waals surface area contributed by atoms with Crippen LogP contribution in [0.1, 0.15) is 0 Å². The van der Waals surface area contributed by atoms with Crippen LogP contribution >= 0.6 is 35.0 Å². The number of anilines is 1. The molecule has 1 heterocycles. The maximum absolute atomic E-state index is 12.0. The molecule has 0 spiro atoms. The van der Waals surface area contributed by atoms with Crippen molar-refractivity contribution in [3.63, 3.8) is 0 Å².